The van der Waals surface area contributed by atoms with Crippen molar-refractivity contribution in [1.82, 2.24) is 10.6 Å². The van der Waals surface area contributed by atoms with Crippen LogP contribution in [0, 0.1) is 0 Å². The van der Waals surface area contributed by atoms with E-state index in [1.165, 1.54) is 51.4 Å². The maximum atomic E-state index is 5.26. The summed E-state index contributed by atoms with van der Waals surface area (Å²) >= 11 is 10.5. The van der Waals surface area contributed by atoms with Crippen molar-refractivity contribution in [3.63, 3.8) is 0 Å². The molecule has 0 aromatic rings. The Balaban J connectivity index is 3.37. The van der Waals surface area contributed by atoms with E-state index in [1.807, 2.05) is 0 Å². The van der Waals surface area contributed by atoms with Crippen molar-refractivity contribution in [1.29, 1.82) is 0 Å². The number of rotatable bonds is 10. The first-order valence-electron chi connectivity index (χ1n) is 7.60. The second-order valence-electron chi connectivity index (χ2n) is 4.72. The minimum atomic E-state index is 0.835. The lowest BCUT2D eigenvalue weighted by Gasteiger charge is -2.08. The second-order valence-corrected chi connectivity index (χ2v) is 8.20. The van der Waals surface area contributed by atoms with Gasteiger partial charge in [0.1, 0.15) is 8.64 Å². The van der Waals surface area contributed by atoms with E-state index in [0.29, 0.717) is 0 Å². The van der Waals surface area contributed by atoms with Gasteiger partial charge in [-0.1, -0.05) is 76.8 Å². The first kappa shape index (κ1) is 20.5. The average Bonchev–Trinajstić information content (AvgIpc) is 2.44. The molecule has 20 heavy (non-hydrogen) atoms. The highest BCUT2D eigenvalue weighted by Gasteiger charge is 2.02. The number of hydrogen-bond acceptors (Lipinski definition) is 4. The lowest BCUT2D eigenvalue weighted by molar-refractivity contribution is 0.657. The van der Waals surface area contributed by atoms with E-state index in [-0.39, 0.29) is 0 Å². The van der Waals surface area contributed by atoms with Crippen LogP contribution in [-0.2, 0) is 0 Å². The molecule has 2 nitrogen and oxygen atoms in total. The molecule has 0 spiro atoms. The van der Waals surface area contributed by atoms with Gasteiger partial charge in [0.2, 0.25) is 0 Å². The molecule has 0 atom stereocenters. The molecule has 0 aromatic heterocycles. The van der Waals surface area contributed by atoms with Crippen molar-refractivity contribution < 1.29 is 0 Å². The molecule has 0 aliphatic heterocycles. The first-order chi connectivity index (χ1) is 9.70. The van der Waals surface area contributed by atoms with Gasteiger partial charge in [0.25, 0.3) is 0 Å². The third-order valence-electron chi connectivity index (χ3n) is 2.79. The highest BCUT2D eigenvalue weighted by molar-refractivity contribution is 8.89. The molecule has 0 rings (SSSR count). The first-order valence-corrected chi connectivity index (χ1v) is 10.6. The monoisotopic (exact) mass is 352 g/mol. The predicted octanol–water partition coefficient (Wildman–Crippen LogP) is 5.28. The van der Waals surface area contributed by atoms with E-state index in [2.05, 4.69) is 24.5 Å². The van der Waals surface area contributed by atoms with Crippen molar-refractivity contribution in [2.75, 3.05) is 13.1 Å². The topological polar surface area (TPSA) is 24.1 Å². The lowest BCUT2D eigenvalue weighted by atomic mass is 10.2. The average molecular weight is 353 g/mol. The van der Waals surface area contributed by atoms with Crippen LogP contribution in [0.1, 0.15) is 65.2 Å². The molecule has 0 saturated heterocycles. The second kappa shape index (κ2) is 15.9. The van der Waals surface area contributed by atoms with Gasteiger partial charge in [0.15, 0.2) is 0 Å². The fourth-order valence-electron chi connectivity index (χ4n) is 1.62. The minimum Gasteiger partial charge on any atom is -0.370 e. The van der Waals surface area contributed by atoms with Crippen molar-refractivity contribution >= 4 is 54.7 Å². The molecule has 0 heterocycles. The quantitative estimate of drug-likeness (QED) is 0.315. The third kappa shape index (κ3) is 14.9. The van der Waals surface area contributed by atoms with Gasteiger partial charge in [-0.15, -0.1) is 0 Å². The van der Waals surface area contributed by atoms with Gasteiger partial charge >= 0.3 is 0 Å². The minimum absolute atomic E-state index is 0.835. The fraction of sp³-hybridized carbons (Fsp3) is 0.857. The molecule has 0 aliphatic carbocycles. The molecule has 0 saturated carbocycles. The highest BCUT2D eigenvalue weighted by atomic mass is 33.1. The van der Waals surface area contributed by atoms with Crippen molar-refractivity contribution in [3.05, 3.63) is 0 Å². The summed E-state index contributed by atoms with van der Waals surface area (Å²) in [6, 6.07) is 0. The lowest BCUT2D eigenvalue weighted by Crippen LogP contribution is -2.21. The molecular formula is C14H28N2S4. The molecule has 0 bridgehead atoms. The maximum Gasteiger partial charge on any atom is 0.144 e. The Morgan fingerprint density at radius 3 is 1.45 bits per heavy atom. The summed E-state index contributed by atoms with van der Waals surface area (Å²) < 4.78 is 1.67. The van der Waals surface area contributed by atoms with E-state index >= 15 is 0 Å². The summed E-state index contributed by atoms with van der Waals surface area (Å²) in [7, 11) is 3.10. The Kier molecular flexibility index (Phi) is 16.2. The van der Waals surface area contributed by atoms with Crippen molar-refractivity contribution in [2.24, 2.45) is 0 Å². The summed E-state index contributed by atoms with van der Waals surface area (Å²) in [4.78, 5) is 0. The van der Waals surface area contributed by atoms with Crippen LogP contribution in [0.2, 0.25) is 0 Å². The summed E-state index contributed by atoms with van der Waals surface area (Å²) in [5.74, 6) is 0. The fourth-order valence-corrected chi connectivity index (χ4v) is 3.72. The van der Waals surface area contributed by atoms with Crippen LogP contribution in [0.4, 0.5) is 0 Å². The van der Waals surface area contributed by atoms with E-state index in [4.69, 9.17) is 24.4 Å². The van der Waals surface area contributed by atoms with Gasteiger partial charge in [-0.2, -0.15) is 0 Å². The molecule has 0 aliphatic rings. The smallest absolute Gasteiger partial charge is 0.144 e. The summed E-state index contributed by atoms with van der Waals surface area (Å²) in [5.41, 5.74) is 0. The van der Waals surface area contributed by atoms with E-state index in [1.54, 1.807) is 21.6 Å². The molecule has 2 N–H and O–H groups in total. The number of hydrogen-bond donors (Lipinski definition) is 2. The standard InChI is InChI=1S/C14H28N2S4/c1-3-5-7-9-11-15-13(17)19-20-14(18)16-12-10-8-6-4-2/h3-12H2,1-2H3,(H,15,17)(H,16,18). The molecule has 0 unspecified atom stereocenters. The van der Waals surface area contributed by atoms with Crippen LogP contribution in [-0.4, -0.2) is 21.7 Å². The van der Waals surface area contributed by atoms with Gasteiger partial charge in [-0.05, 0) is 34.4 Å². The van der Waals surface area contributed by atoms with Crippen molar-refractivity contribution in [2.45, 2.75) is 65.2 Å². The van der Waals surface area contributed by atoms with Crippen LogP contribution in [0.3, 0.4) is 0 Å². The molecule has 0 radical (unpaired) electrons. The molecular weight excluding hydrogens is 324 g/mol. The van der Waals surface area contributed by atoms with E-state index in [0.717, 1.165) is 21.7 Å². The summed E-state index contributed by atoms with van der Waals surface area (Å²) in [5, 5.41) is 6.53. The zero-order chi connectivity index (χ0) is 15.1. The third-order valence-corrected chi connectivity index (χ3v) is 6.14. The Bertz CT molecular complexity index is 234. The predicted molar refractivity (Wildman–Crippen MR) is 105 cm³/mol. The van der Waals surface area contributed by atoms with Gasteiger partial charge in [0.05, 0.1) is 0 Å². The normalized spacial score (nSPS) is 10.3. The van der Waals surface area contributed by atoms with Crippen LogP contribution >= 0.6 is 46.0 Å². The van der Waals surface area contributed by atoms with Gasteiger partial charge in [-0.25, -0.2) is 0 Å². The van der Waals surface area contributed by atoms with E-state index in [9.17, 15) is 0 Å². The number of thiocarbonyl (C=S) groups is 2. The molecule has 0 fully saturated rings. The van der Waals surface area contributed by atoms with Crippen LogP contribution in [0.25, 0.3) is 0 Å². The van der Waals surface area contributed by atoms with Crippen molar-refractivity contribution in [3.8, 4) is 0 Å². The van der Waals surface area contributed by atoms with Crippen LogP contribution in [0.5, 0.6) is 0 Å². The zero-order valence-corrected chi connectivity index (χ0v) is 16.0. The Morgan fingerprint density at radius 2 is 1.10 bits per heavy atom. The summed E-state index contributed by atoms with van der Waals surface area (Å²) in [6.07, 6.45) is 10.1. The summed E-state index contributed by atoms with van der Waals surface area (Å²) in [6.45, 7) is 6.40. The molecule has 118 valence electrons. The van der Waals surface area contributed by atoms with Gasteiger partial charge in [0, 0.05) is 13.1 Å². The largest absolute Gasteiger partial charge is 0.370 e. The molecule has 0 aromatic carbocycles. The molecule has 0 amide bonds. The van der Waals surface area contributed by atoms with E-state index < -0.39 is 0 Å². The maximum absolute atomic E-state index is 5.26. The van der Waals surface area contributed by atoms with Crippen LogP contribution in [0.15, 0.2) is 0 Å². The van der Waals surface area contributed by atoms with Gasteiger partial charge < -0.3 is 10.6 Å². The SMILES string of the molecule is CCCCCCNC(=S)SSC(=S)NCCCCCC. The Hall–Kier alpha value is 0.480. The zero-order valence-electron chi connectivity index (χ0n) is 12.7. The van der Waals surface area contributed by atoms with Gasteiger partial charge in [-0.3, -0.25) is 0 Å². The number of nitrogens with one attached hydrogen (secondary N) is 2. The van der Waals surface area contributed by atoms with Crippen LogP contribution < -0.4 is 10.6 Å². The Labute approximate surface area is 143 Å². The number of unbranched alkanes of at least 4 members (excludes halogenated alkanes) is 6. The molecule has 6 heteroatoms. The highest BCUT2D eigenvalue weighted by Crippen LogP contribution is 2.23. The Morgan fingerprint density at radius 1 is 0.700 bits per heavy atom.